The van der Waals surface area contributed by atoms with Crippen molar-refractivity contribution in [1.29, 1.82) is 0 Å². The number of anilines is 4. The fraction of sp³-hybridized carbons (Fsp3) is 0.385. The summed E-state index contributed by atoms with van der Waals surface area (Å²) < 4.78 is 13.8. The van der Waals surface area contributed by atoms with Gasteiger partial charge in [-0.1, -0.05) is 6.92 Å². The predicted molar refractivity (Wildman–Crippen MR) is 479 cm³/mol. The van der Waals surface area contributed by atoms with Crippen molar-refractivity contribution < 1.29 is 0 Å². The summed E-state index contributed by atoms with van der Waals surface area (Å²) in [6, 6.07) is 31.9. The van der Waals surface area contributed by atoms with Crippen molar-refractivity contribution in [2.45, 2.75) is 119 Å². The third-order valence-electron chi connectivity index (χ3n) is 25.3. The molecule has 0 amide bonds. The van der Waals surface area contributed by atoms with Crippen LogP contribution in [0.5, 0.6) is 0 Å². The molecule has 2 atom stereocenters. The quantitative estimate of drug-likeness (QED) is 0.123. The SMILES string of the molecule is CCN1CCN(c2ccc3nc(-c4cc5c(C)nc(C)cn5n4)cc(=O)n3c2)CC1.Cc1cn2nc(-c3cc(=O)n4cc(N5CCC(N(C)C)CC5)ccc4n3)cc2c(C)n1.Cc1cn2nc(-c3cc(=O)n4cc(N5CCN6CCC[C@@H]6C5)ccc4n3)cc2c(C)n1.Cc1cn2nc(-c3cc(=O)n4cc(N5CCN6CCC[C@H]6C5)ccc4n3)cc2c(C)n1. The summed E-state index contributed by atoms with van der Waals surface area (Å²) >= 11 is 0. The van der Waals surface area contributed by atoms with Crippen molar-refractivity contribution >= 4 is 67.4 Å². The van der Waals surface area contributed by atoms with E-state index in [1.54, 1.807) is 50.9 Å². The molecule has 32 heteroatoms. The van der Waals surface area contributed by atoms with Crippen molar-refractivity contribution in [3.05, 3.63) is 234 Å². The summed E-state index contributed by atoms with van der Waals surface area (Å²) in [5, 5.41) is 18.5. The van der Waals surface area contributed by atoms with Crippen LogP contribution < -0.4 is 41.8 Å². The van der Waals surface area contributed by atoms with E-state index in [2.05, 4.69) is 119 Å². The second kappa shape index (κ2) is 32.7. The van der Waals surface area contributed by atoms with Crippen LogP contribution in [0.4, 0.5) is 22.7 Å². The summed E-state index contributed by atoms with van der Waals surface area (Å²) in [7, 11) is 4.28. The van der Waals surface area contributed by atoms with Gasteiger partial charge in [0.1, 0.15) is 45.4 Å². The number of pyridine rings is 4. The monoisotopic (exact) mass is 1650 g/mol. The van der Waals surface area contributed by atoms with Crippen LogP contribution in [0, 0.1) is 55.4 Å². The molecule has 0 unspecified atom stereocenters. The number of piperidine rings is 1. The zero-order valence-electron chi connectivity index (χ0n) is 71.6. The van der Waals surface area contributed by atoms with E-state index in [-0.39, 0.29) is 22.2 Å². The lowest BCUT2D eigenvalue weighted by molar-refractivity contribution is 0.231. The molecule has 22 rings (SSSR count). The molecule has 6 aliphatic rings. The van der Waals surface area contributed by atoms with Gasteiger partial charge in [-0.25, -0.2) is 38.0 Å². The van der Waals surface area contributed by atoms with Gasteiger partial charge in [0.25, 0.3) is 22.2 Å². The zero-order valence-corrected chi connectivity index (χ0v) is 71.6. The lowest BCUT2D eigenvalue weighted by Gasteiger charge is -2.38. The second-order valence-electron chi connectivity index (χ2n) is 33.8. The first kappa shape index (κ1) is 79.7. The van der Waals surface area contributed by atoms with E-state index in [4.69, 9.17) is 19.9 Å². The molecule has 16 aromatic heterocycles. The molecule has 0 spiro atoms. The number of hydrogen-bond acceptors (Lipinski definition) is 24. The van der Waals surface area contributed by atoms with Gasteiger partial charge >= 0.3 is 0 Å². The lowest BCUT2D eigenvalue weighted by Crippen LogP contribution is -2.50. The van der Waals surface area contributed by atoms with Gasteiger partial charge in [-0.3, -0.25) is 66.5 Å². The van der Waals surface area contributed by atoms with E-state index in [9.17, 15) is 19.2 Å². The molecule has 6 fully saturated rings. The van der Waals surface area contributed by atoms with Crippen LogP contribution >= 0.6 is 0 Å². The molecule has 0 bridgehead atoms. The van der Waals surface area contributed by atoms with Gasteiger partial charge in [0.15, 0.2) is 0 Å². The van der Waals surface area contributed by atoms with Gasteiger partial charge in [-0.2, -0.15) is 20.4 Å². The highest BCUT2D eigenvalue weighted by Crippen LogP contribution is 2.32. The van der Waals surface area contributed by atoms with E-state index >= 15 is 0 Å². The second-order valence-corrected chi connectivity index (χ2v) is 33.8. The number of hydrogen-bond donors (Lipinski definition) is 0. The number of aromatic nitrogens is 20. The van der Waals surface area contributed by atoms with Crippen LogP contribution in [-0.2, 0) is 0 Å². The van der Waals surface area contributed by atoms with Crippen LogP contribution in [-0.4, -0.2) is 246 Å². The van der Waals surface area contributed by atoms with Crippen LogP contribution in [0.3, 0.4) is 0 Å². The van der Waals surface area contributed by atoms with Crippen LogP contribution in [0.25, 0.3) is 90.2 Å². The van der Waals surface area contributed by atoms with Crippen molar-refractivity contribution in [3.63, 3.8) is 0 Å². The molecule has 0 N–H and O–H groups in total. The number of rotatable bonds is 10. The summed E-state index contributed by atoms with van der Waals surface area (Å²) in [5.41, 5.74) is 22.3. The molecule has 0 aromatic carbocycles. The Balaban J connectivity index is 0.000000108. The fourth-order valence-electron chi connectivity index (χ4n) is 18.7. The molecule has 22 heterocycles. The van der Waals surface area contributed by atoms with Crippen LogP contribution in [0.2, 0.25) is 0 Å². The Bertz CT molecular complexity index is 6820. The van der Waals surface area contributed by atoms with Gasteiger partial charge in [0.2, 0.25) is 0 Å². The van der Waals surface area contributed by atoms with Gasteiger partial charge in [0.05, 0.1) is 138 Å². The molecular formula is C91H102N28O4. The Morgan fingerprint density at radius 1 is 0.317 bits per heavy atom. The van der Waals surface area contributed by atoms with Gasteiger partial charge in [-0.15, -0.1) is 0 Å². The minimum absolute atomic E-state index is 0.0931. The van der Waals surface area contributed by atoms with Crippen molar-refractivity contribution in [2.24, 2.45) is 0 Å². The normalized spacial score (nSPS) is 17.4. The maximum atomic E-state index is 13.0. The molecule has 6 aliphatic heterocycles. The van der Waals surface area contributed by atoms with Crippen molar-refractivity contribution in [2.75, 3.05) is 132 Å². The van der Waals surface area contributed by atoms with Crippen molar-refractivity contribution in [1.82, 2.24) is 116 Å². The fourth-order valence-corrected chi connectivity index (χ4v) is 18.7. The molecular weight excluding hydrogens is 1550 g/mol. The number of nitrogens with zero attached hydrogens (tertiary/aromatic N) is 28. The Kier molecular flexibility index (Phi) is 21.2. The van der Waals surface area contributed by atoms with E-state index in [0.29, 0.717) is 86.3 Å². The molecule has 16 aromatic rings. The van der Waals surface area contributed by atoms with Gasteiger partial charge in [-0.05, 0) is 200 Å². The third-order valence-corrected chi connectivity index (χ3v) is 25.3. The van der Waals surface area contributed by atoms with E-state index in [1.807, 2.05) is 169 Å². The first-order valence-electron chi connectivity index (χ1n) is 42.9. The maximum Gasteiger partial charge on any atom is 0.258 e. The standard InChI is InChI=1S/2C23H25N7O.C23H27N7O.C22H25N7O/c2*1-15-12-30-21(16(2)24-15)10-20(26-30)19-11-23(31)29-14-18(5-6-22(29)25-19)28-9-8-27-7-3-4-17(27)13-28;1-15-13-30-21(16(2)24-15)11-20(26-30)19-12-23(31)29-14-18(5-6-22(29)25-19)28-9-7-17(8-10-28)27(3)4;1-4-26-7-9-27(10-8-26)17-5-6-21-24-18(12-22(30)28(21)14-17)19-11-20-16(3)23-15(2)13-29(20)25-19/h2*5-6,10-12,14,17H,3-4,7-9,13H2,1-2H3;5-6,11-14,17H,7-10H2,1-4H3;5-6,11-14H,4,7-10H2,1-3H3/t2*17-;;/m10../s1. The Hall–Kier alpha value is -13.0. The summed E-state index contributed by atoms with van der Waals surface area (Å²) in [4.78, 5) is 108. The van der Waals surface area contributed by atoms with Gasteiger partial charge in [0, 0.05) is 146 Å². The van der Waals surface area contributed by atoms with E-state index in [1.165, 1.54) is 38.8 Å². The third kappa shape index (κ3) is 16.0. The van der Waals surface area contributed by atoms with Crippen molar-refractivity contribution in [3.8, 4) is 45.6 Å². The topological polar surface area (TPSA) is 284 Å². The predicted octanol–water partition coefficient (Wildman–Crippen LogP) is 9.33. The van der Waals surface area contributed by atoms with E-state index in [0.717, 1.165) is 188 Å². The highest BCUT2D eigenvalue weighted by atomic mass is 16.1. The Morgan fingerprint density at radius 3 is 0.911 bits per heavy atom. The molecule has 32 nitrogen and oxygen atoms in total. The minimum atomic E-state index is -0.105. The number of aryl methyl sites for hydroxylation is 8. The highest BCUT2D eigenvalue weighted by molar-refractivity contribution is 5.71. The number of piperazine rings is 3. The summed E-state index contributed by atoms with van der Waals surface area (Å²) in [5.74, 6) is 0. The molecule has 6 saturated heterocycles. The van der Waals surface area contributed by atoms with E-state index < -0.39 is 0 Å². The molecule has 0 aliphatic carbocycles. The lowest BCUT2D eigenvalue weighted by atomic mass is 10.0. The average Bonchev–Trinajstić information content (AvgIpc) is 1.73. The zero-order chi connectivity index (χ0) is 84.7. The number of likely N-dealkylation sites (N-methyl/N-ethyl adjacent to an activating group) is 1. The van der Waals surface area contributed by atoms with Gasteiger partial charge < -0.3 is 29.4 Å². The largest absolute Gasteiger partial charge is 0.370 e. The molecule has 630 valence electrons. The van der Waals surface area contributed by atoms with Crippen LogP contribution in [0.15, 0.2) is 166 Å². The summed E-state index contributed by atoms with van der Waals surface area (Å²) in [6.07, 6.45) is 22.6. The molecule has 0 radical (unpaired) electrons. The average molecular weight is 1650 g/mol. The van der Waals surface area contributed by atoms with Crippen LogP contribution in [0.1, 0.15) is 91.0 Å². The Labute approximate surface area is 709 Å². The minimum Gasteiger partial charge on any atom is -0.370 e. The summed E-state index contributed by atoms with van der Waals surface area (Å²) in [6.45, 7) is 33.6. The smallest absolute Gasteiger partial charge is 0.258 e. The first-order valence-corrected chi connectivity index (χ1v) is 42.9. The highest BCUT2D eigenvalue weighted by Gasteiger charge is 2.33. The molecule has 123 heavy (non-hydrogen) atoms. The Morgan fingerprint density at radius 2 is 0.610 bits per heavy atom. The maximum absolute atomic E-state index is 13.0. The molecule has 0 saturated carbocycles. The first-order chi connectivity index (χ1) is 59.5. The number of fused-ring (bicyclic) bond motifs is 10.